The van der Waals surface area contributed by atoms with Crippen molar-refractivity contribution >= 4 is 5.91 Å². The van der Waals surface area contributed by atoms with Crippen molar-refractivity contribution in [3.8, 4) is 0 Å². The van der Waals surface area contributed by atoms with Crippen LogP contribution < -0.4 is 5.32 Å². The standard InChI is InChI=1S/C15H17NO2/c1-12(13-6-3-2-4-7-13)10-15(17)16-11-14-8-5-9-18-14/h2-9,12H,10-11H2,1H3,(H,16,17)/t12-/m1/s1. The summed E-state index contributed by atoms with van der Waals surface area (Å²) >= 11 is 0. The van der Waals surface area contributed by atoms with E-state index >= 15 is 0 Å². The molecule has 1 atom stereocenters. The lowest BCUT2D eigenvalue weighted by molar-refractivity contribution is -0.121. The molecule has 0 aliphatic heterocycles. The zero-order chi connectivity index (χ0) is 12.8. The van der Waals surface area contributed by atoms with Gasteiger partial charge in [-0.2, -0.15) is 0 Å². The first kappa shape index (κ1) is 12.4. The van der Waals surface area contributed by atoms with E-state index in [4.69, 9.17) is 4.42 Å². The van der Waals surface area contributed by atoms with Crippen LogP contribution in [-0.2, 0) is 11.3 Å². The smallest absolute Gasteiger partial charge is 0.220 e. The largest absolute Gasteiger partial charge is 0.467 e. The fourth-order valence-electron chi connectivity index (χ4n) is 1.85. The van der Waals surface area contributed by atoms with Crippen molar-refractivity contribution in [2.45, 2.75) is 25.8 Å². The molecule has 0 saturated heterocycles. The van der Waals surface area contributed by atoms with Gasteiger partial charge in [0.05, 0.1) is 12.8 Å². The fourth-order valence-corrected chi connectivity index (χ4v) is 1.85. The number of hydrogen-bond acceptors (Lipinski definition) is 2. The quantitative estimate of drug-likeness (QED) is 0.876. The first-order chi connectivity index (χ1) is 8.75. The monoisotopic (exact) mass is 243 g/mol. The van der Waals surface area contributed by atoms with Crippen molar-refractivity contribution in [2.24, 2.45) is 0 Å². The van der Waals surface area contributed by atoms with Crippen molar-refractivity contribution in [3.05, 3.63) is 60.1 Å². The van der Waals surface area contributed by atoms with Gasteiger partial charge in [0.1, 0.15) is 5.76 Å². The number of furan rings is 1. The maximum atomic E-state index is 11.8. The first-order valence-electron chi connectivity index (χ1n) is 6.09. The molecule has 94 valence electrons. The Morgan fingerprint density at radius 2 is 2.00 bits per heavy atom. The summed E-state index contributed by atoms with van der Waals surface area (Å²) in [5.41, 5.74) is 1.19. The van der Waals surface area contributed by atoms with Crippen LogP contribution in [0.1, 0.15) is 30.6 Å². The predicted octanol–water partition coefficient (Wildman–Crippen LogP) is 3.09. The molecular weight excluding hydrogens is 226 g/mol. The minimum absolute atomic E-state index is 0.0442. The second kappa shape index (κ2) is 6.05. The van der Waals surface area contributed by atoms with Crippen LogP contribution in [0, 0.1) is 0 Å². The number of nitrogens with one attached hydrogen (secondary N) is 1. The van der Waals surface area contributed by atoms with E-state index in [0.29, 0.717) is 13.0 Å². The van der Waals surface area contributed by atoms with Crippen LogP contribution in [0.2, 0.25) is 0 Å². The molecule has 1 amide bonds. The lowest BCUT2D eigenvalue weighted by atomic mass is 9.98. The SMILES string of the molecule is C[C@H](CC(=O)NCc1ccco1)c1ccccc1. The highest BCUT2D eigenvalue weighted by molar-refractivity contribution is 5.76. The van der Waals surface area contributed by atoms with Gasteiger partial charge in [-0.15, -0.1) is 0 Å². The van der Waals surface area contributed by atoms with E-state index in [1.807, 2.05) is 42.5 Å². The van der Waals surface area contributed by atoms with Gasteiger partial charge in [-0.1, -0.05) is 37.3 Å². The van der Waals surface area contributed by atoms with Crippen molar-refractivity contribution in [1.82, 2.24) is 5.32 Å². The van der Waals surface area contributed by atoms with Crippen LogP contribution in [0.5, 0.6) is 0 Å². The molecule has 0 fully saturated rings. The van der Waals surface area contributed by atoms with Crippen molar-refractivity contribution in [2.75, 3.05) is 0 Å². The second-order valence-electron chi connectivity index (χ2n) is 4.37. The molecule has 0 bridgehead atoms. The molecule has 3 heteroatoms. The van der Waals surface area contributed by atoms with E-state index in [0.717, 1.165) is 5.76 Å². The molecule has 0 aliphatic rings. The number of rotatable bonds is 5. The van der Waals surface area contributed by atoms with Crippen LogP contribution in [0.4, 0.5) is 0 Å². The highest BCUT2D eigenvalue weighted by atomic mass is 16.3. The maximum Gasteiger partial charge on any atom is 0.220 e. The molecule has 1 aromatic heterocycles. The third kappa shape index (κ3) is 3.48. The van der Waals surface area contributed by atoms with Crippen molar-refractivity contribution < 1.29 is 9.21 Å². The van der Waals surface area contributed by atoms with E-state index in [1.54, 1.807) is 6.26 Å². The highest BCUT2D eigenvalue weighted by Gasteiger charge is 2.10. The minimum atomic E-state index is 0.0442. The Bertz CT molecular complexity index is 476. The van der Waals surface area contributed by atoms with Crippen LogP contribution in [-0.4, -0.2) is 5.91 Å². The van der Waals surface area contributed by atoms with E-state index < -0.39 is 0 Å². The van der Waals surface area contributed by atoms with E-state index in [-0.39, 0.29) is 11.8 Å². The van der Waals surface area contributed by atoms with Gasteiger partial charge in [0.15, 0.2) is 0 Å². The fraction of sp³-hybridized carbons (Fsp3) is 0.267. The van der Waals surface area contributed by atoms with Gasteiger partial charge in [-0.05, 0) is 23.6 Å². The Morgan fingerprint density at radius 3 is 2.67 bits per heavy atom. The summed E-state index contributed by atoms with van der Waals surface area (Å²) in [7, 11) is 0. The Balaban J connectivity index is 1.80. The first-order valence-corrected chi connectivity index (χ1v) is 6.09. The molecule has 3 nitrogen and oxygen atoms in total. The van der Waals surface area contributed by atoms with Crippen LogP contribution >= 0.6 is 0 Å². The van der Waals surface area contributed by atoms with Crippen molar-refractivity contribution in [1.29, 1.82) is 0 Å². The molecule has 0 saturated carbocycles. The number of hydrogen-bond donors (Lipinski definition) is 1. The summed E-state index contributed by atoms with van der Waals surface area (Å²) in [6, 6.07) is 13.7. The number of carbonyl (C=O) groups is 1. The molecule has 1 N–H and O–H groups in total. The molecule has 0 spiro atoms. The number of carbonyl (C=O) groups excluding carboxylic acids is 1. The summed E-state index contributed by atoms with van der Waals surface area (Å²) < 4.78 is 5.16. The van der Waals surface area contributed by atoms with Crippen LogP contribution in [0.3, 0.4) is 0 Å². The lowest BCUT2D eigenvalue weighted by Gasteiger charge is -2.11. The average molecular weight is 243 g/mol. The molecule has 2 aromatic rings. The lowest BCUT2D eigenvalue weighted by Crippen LogP contribution is -2.23. The Labute approximate surface area is 107 Å². The molecule has 0 unspecified atom stereocenters. The minimum Gasteiger partial charge on any atom is -0.467 e. The average Bonchev–Trinajstić information content (AvgIpc) is 2.90. The topological polar surface area (TPSA) is 42.2 Å². The summed E-state index contributed by atoms with van der Waals surface area (Å²) in [4.78, 5) is 11.8. The third-order valence-electron chi connectivity index (χ3n) is 2.90. The molecule has 2 rings (SSSR count). The summed E-state index contributed by atoms with van der Waals surface area (Å²) in [5.74, 6) is 1.04. The van der Waals surface area contributed by atoms with Gasteiger partial charge in [-0.25, -0.2) is 0 Å². The summed E-state index contributed by atoms with van der Waals surface area (Å²) in [6.45, 7) is 2.51. The number of benzene rings is 1. The predicted molar refractivity (Wildman–Crippen MR) is 70.0 cm³/mol. The Kier molecular flexibility index (Phi) is 4.18. The van der Waals surface area contributed by atoms with Gasteiger partial charge in [0.25, 0.3) is 0 Å². The van der Waals surface area contributed by atoms with Gasteiger partial charge in [0.2, 0.25) is 5.91 Å². The van der Waals surface area contributed by atoms with Gasteiger partial charge in [-0.3, -0.25) is 4.79 Å². The Morgan fingerprint density at radius 1 is 1.22 bits per heavy atom. The van der Waals surface area contributed by atoms with Gasteiger partial charge < -0.3 is 9.73 Å². The van der Waals surface area contributed by atoms with Crippen LogP contribution in [0.15, 0.2) is 53.1 Å². The van der Waals surface area contributed by atoms with Gasteiger partial charge >= 0.3 is 0 Å². The van der Waals surface area contributed by atoms with E-state index in [2.05, 4.69) is 12.2 Å². The van der Waals surface area contributed by atoms with Crippen LogP contribution in [0.25, 0.3) is 0 Å². The zero-order valence-corrected chi connectivity index (χ0v) is 10.4. The molecule has 0 radical (unpaired) electrons. The summed E-state index contributed by atoms with van der Waals surface area (Å²) in [5, 5.41) is 2.85. The van der Waals surface area contributed by atoms with E-state index in [1.165, 1.54) is 5.56 Å². The molecule has 0 aliphatic carbocycles. The third-order valence-corrected chi connectivity index (χ3v) is 2.90. The molecule has 18 heavy (non-hydrogen) atoms. The number of amides is 1. The highest BCUT2D eigenvalue weighted by Crippen LogP contribution is 2.18. The molecule has 1 heterocycles. The zero-order valence-electron chi connectivity index (χ0n) is 10.4. The second-order valence-corrected chi connectivity index (χ2v) is 4.37. The maximum absolute atomic E-state index is 11.8. The van der Waals surface area contributed by atoms with Gasteiger partial charge in [0, 0.05) is 6.42 Å². The molecular formula is C15H17NO2. The normalized spacial score (nSPS) is 12.1. The Hall–Kier alpha value is -2.03. The van der Waals surface area contributed by atoms with E-state index in [9.17, 15) is 4.79 Å². The molecule has 1 aromatic carbocycles. The summed E-state index contributed by atoms with van der Waals surface area (Å²) in [6.07, 6.45) is 2.10. The van der Waals surface area contributed by atoms with Crippen molar-refractivity contribution in [3.63, 3.8) is 0 Å².